The van der Waals surface area contributed by atoms with Gasteiger partial charge in [-0.3, -0.25) is 9.69 Å². The first-order valence-corrected chi connectivity index (χ1v) is 10.0. The molecule has 2 aromatic rings. The zero-order valence-corrected chi connectivity index (χ0v) is 17.5. The van der Waals surface area contributed by atoms with Crippen molar-refractivity contribution in [1.29, 1.82) is 0 Å². The second-order valence-corrected chi connectivity index (χ2v) is 8.06. The van der Waals surface area contributed by atoms with Crippen molar-refractivity contribution in [2.24, 2.45) is 0 Å². The van der Waals surface area contributed by atoms with Crippen LogP contribution in [0.5, 0.6) is 0 Å². The highest BCUT2D eigenvalue weighted by Crippen LogP contribution is 2.37. The largest absolute Gasteiger partial charge is 0.333 e. The number of carbonyl (C=O) groups is 2. The quantitative estimate of drug-likeness (QED) is 0.868. The molecule has 3 amide bonds. The first-order chi connectivity index (χ1) is 13.9. The Morgan fingerprint density at radius 2 is 1.69 bits per heavy atom. The van der Waals surface area contributed by atoms with Crippen LogP contribution in [0.3, 0.4) is 0 Å². The molecule has 0 radical (unpaired) electrons. The first kappa shape index (κ1) is 19.2. The molecule has 2 aliphatic heterocycles. The molecular weight excluding hydrogens is 362 g/mol. The topological polar surface area (TPSA) is 52.7 Å². The van der Waals surface area contributed by atoms with Crippen LogP contribution in [-0.4, -0.2) is 41.9 Å². The minimum absolute atomic E-state index is 0.0189. The van der Waals surface area contributed by atoms with Crippen LogP contribution in [0.2, 0.25) is 0 Å². The Hall–Kier alpha value is -3.08. The van der Waals surface area contributed by atoms with Gasteiger partial charge in [-0.2, -0.15) is 0 Å². The van der Waals surface area contributed by atoms with Crippen LogP contribution in [0.1, 0.15) is 33.9 Å². The Bertz CT molecular complexity index is 1010. The third-order valence-electron chi connectivity index (χ3n) is 6.14. The van der Waals surface area contributed by atoms with Crippen molar-refractivity contribution in [3.8, 4) is 0 Å². The molecule has 1 N–H and O–H groups in total. The summed E-state index contributed by atoms with van der Waals surface area (Å²) in [7, 11) is 1.74. The van der Waals surface area contributed by atoms with Crippen LogP contribution in [0.15, 0.2) is 53.7 Å². The minimum atomic E-state index is -0.401. The maximum absolute atomic E-state index is 13.4. The Morgan fingerprint density at radius 1 is 1.00 bits per heavy atom. The lowest BCUT2D eigenvalue weighted by molar-refractivity contribution is -0.125. The van der Waals surface area contributed by atoms with Crippen LogP contribution in [0.4, 0.5) is 4.79 Å². The summed E-state index contributed by atoms with van der Waals surface area (Å²) in [5, 5.41) is 3.05. The third kappa shape index (κ3) is 3.41. The molecule has 29 heavy (non-hydrogen) atoms. The molecule has 2 aliphatic rings. The Kier molecular flexibility index (Phi) is 4.91. The molecule has 0 fully saturated rings. The number of urea groups is 1. The van der Waals surface area contributed by atoms with Gasteiger partial charge in [0.2, 0.25) is 0 Å². The van der Waals surface area contributed by atoms with Crippen molar-refractivity contribution in [2.75, 3.05) is 20.1 Å². The van der Waals surface area contributed by atoms with E-state index >= 15 is 0 Å². The summed E-state index contributed by atoms with van der Waals surface area (Å²) in [6.45, 7) is 7.30. The van der Waals surface area contributed by atoms with Gasteiger partial charge in [-0.15, -0.1) is 0 Å². The van der Waals surface area contributed by atoms with Crippen molar-refractivity contribution < 1.29 is 9.59 Å². The second-order valence-electron chi connectivity index (χ2n) is 8.06. The maximum Gasteiger partial charge on any atom is 0.322 e. The van der Waals surface area contributed by atoms with E-state index in [4.69, 9.17) is 0 Å². The summed E-state index contributed by atoms with van der Waals surface area (Å²) >= 11 is 0. The van der Waals surface area contributed by atoms with Crippen molar-refractivity contribution >= 4 is 11.9 Å². The zero-order chi connectivity index (χ0) is 20.7. The summed E-state index contributed by atoms with van der Waals surface area (Å²) < 4.78 is 0. The summed E-state index contributed by atoms with van der Waals surface area (Å²) in [5.74, 6) is 0.0189. The van der Waals surface area contributed by atoms with Gasteiger partial charge in [-0.25, -0.2) is 4.79 Å². The van der Waals surface area contributed by atoms with Crippen LogP contribution in [0, 0.1) is 20.8 Å². The van der Waals surface area contributed by atoms with Crippen molar-refractivity contribution in [2.45, 2.75) is 33.2 Å². The van der Waals surface area contributed by atoms with E-state index in [1.807, 2.05) is 30.0 Å². The maximum atomic E-state index is 13.4. The van der Waals surface area contributed by atoms with Crippen molar-refractivity contribution in [3.63, 3.8) is 0 Å². The average molecular weight is 389 g/mol. The number of benzene rings is 2. The summed E-state index contributed by atoms with van der Waals surface area (Å²) in [4.78, 5) is 29.4. The van der Waals surface area contributed by atoms with Crippen molar-refractivity contribution in [1.82, 2.24) is 15.1 Å². The van der Waals surface area contributed by atoms with E-state index in [0.29, 0.717) is 18.7 Å². The van der Waals surface area contributed by atoms with Gasteiger partial charge in [0.05, 0.1) is 23.9 Å². The molecule has 0 spiro atoms. The standard InChI is InChI=1S/C24H27N3O2/c1-15-12-17(3)19(13-16(15)2)22-21-20(26(4)24(29)25-22)14-27(23(21)28)11-10-18-8-6-5-7-9-18/h5-9,12-13,22H,10-11,14H2,1-4H3,(H,25,29)/t22-/m0/s1. The lowest BCUT2D eigenvalue weighted by atomic mass is 9.90. The smallest absolute Gasteiger partial charge is 0.322 e. The lowest BCUT2D eigenvalue weighted by Gasteiger charge is -2.32. The fourth-order valence-electron chi connectivity index (χ4n) is 4.24. The second kappa shape index (κ2) is 7.39. The van der Waals surface area contributed by atoms with E-state index in [0.717, 1.165) is 28.8 Å². The number of amides is 3. The number of hydrogen-bond donors (Lipinski definition) is 1. The number of rotatable bonds is 4. The lowest BCUT2D eigenvalue weighted by Crippen LogP contribution is -2.45. The Balaban J connectivity index is 1.65. The van der Waals surface area contributed by atoms with E-state index in [1.165, 1.54) is 11.1 Å². The predicted molar refractivity (Wildman–Crippen MR) is 113 cm³/mol. The Morgan fingerprint density at radius 3 is 2.41 bits per heavy atom. The monoisotopic (exact) mass is 389 g/mol. The molecule has 0 bridgehead atoms. The van der Waals surface area contributed by atoms with E-state index in [-0.39, 0.29) is 11.9 Å². The van der Waals surface area contributed by atoms with Crippen LogP contribution < -0.4 is 5.32 Å². The molecule has 1 atom stereocenters. The highest BCUT2D eigenvalue weighted by atomic mass is 16.2. The highest BCUT2D eigenvalue weighted by Gasteiger charge is 2.43. The fourth-order valence-corrected chi connectivity index (χ4v) is 4.24. The molecule has 0 unspecified atom stereocenters. The number of hydrogen-bond acceptors (Lipinski definition) is 2. The number of nitrogens with one attached hydrogen (secondary N) is 1. The summed E-state index contributed by atoms with van der Waals surface area (Å²) in [6, 6.07) is 13.8. The van der Waals surface area contributed by atoms with E-state index in [9.17, 15) is 9.59 Å². The average Bonchev–Trinajstić information content (AvgIpc) is 3.04. The highest BCUT2D eigenvalue weighted by molar-refractivity contribution is 6.01. The first-order valence-electron chi connectivity index (χ1n) is 10.0. The molecule has 0 aliphatic carbocycles. The SMILES string of the molecule is Cc1cc(C)c([C@@H]2NC(=O)N(C)C3=C2C(=O)N(CCc2ccccc2)C3)cc1C. The molecule has 5 heteroatoms. The van der Waals surface area contributed by atoms with Crippen LogP contribution in [-0.2, 0) is 11.2 Å². The van der Waals surface area contributed by atoms with Gasteiger partial charge in [0.15, 0.2) is 0 Å². The van der Waals surface area contributed by atoms with Gasteiger partial charge >= 0.3 is 6.03 Å². The van der Waals surface area contributed by atoms with Gasteiger partial charge in [0.25, 0.3) is 5.91 Å². The zero-order valence-electron chi connectivity index (χ0n) is 17.5. The molecule has 0 saturated carbocycles. The van der Waals surface area contributed by atoms with Gasteiger partial charge < -0.3 is 10.2 Å². The number of carbonyl (C=O) groups excluding carboxylic acids is 2. The molecule has 2 aromatic carbocycles. The number of aryl methyl sites for hydroxylation is 3. The van der Waals surface area contributed by atoms with E-state index in [2.05, 4.69) is 43.4 Å². The third-order valence-corrected chi connectivity index (χ3v) is 6.14. The molecule has 0 saturated heterocycles. The number of likely N-dealkylation sites (N-methyl/N-ethyl adjacent to an activating group) is 1. The van der Waals surface area contributed by atoms with Crippen LogP contribution in [0.25, 0.3) is 0 Å². The molecule has 150 valence electrons. The van der Waals surface area contributed by atoms with Gasteiger partial charge in [0.1, 0.15) is 0 Å². The molecule has 5 nitrogen and oxygen atoms in total. The Labute approximate surface area is 172 Å². The van der Waals surface area contributed by atoms with E-state index in [1.54, 1.807) is 11.9 Å². The van der Waals surface area contributed by atoms with Crippen molar-refractivity contribution in [3.05, 3.63) is 81.6 Å². The minimum Gasteiger partial charge on any atom is -0.333 e. The molecular formula is C24H27N3O2. The fraction of sp³-hybridized carbons (Fsp3) is 0.333. The molecule has 4 rings (SSSR count). The predicted octanol–water partition coefficient (Wildman–Crippen LogP) is 3.65. The van der Waals surface area contributed by atoms with Gasteiger partial charge in [0, 0.05) is 13.6 Å². The summed E-state index contributed by atoms with van der Waals surface area (Å²) in [6.07, 6.45) is 0.797. The van der Waals surface area contributed by atoms with Gasteiger partial charge in [-0.05, 0) is 55.0 Å². The van der Waals surface area contributed by atoms with E-state index < -0.39 is 6.04 Å². The van der Waals surface area contributed by atoms with Crippen LogP contribution >= 0.6 is 0 Å². The normalized spacial score (nSPS) is 19.0. The molecule has 2 heterocycles. The molecule has 0 aromatic heterocycles. The van der Waals surface area contributed by atoms with Gasteiger partial charge in [-0.1, -0.05) is 42.5 Å². The number of nitrogens with zero attached hydrogens (tertiary/aromatic N) is 2. The summed E-state index contributed by atoms with van der Waals surface area (Å²) in [5.41, 5.74) is 7.18.